The molecule has 0 fully saturated rings. The molecule has 0 bridgehead atoms. The normalized spacial score (nSPS) is 11.9. The Hall–Kier alpha value is -3.40. The Kier molecular flexibility index (Phi) is 11.1. The largest absolute Gasteiger partial charge is 0.388 e. The molecule has 2 N–H and O–H groups in total. The van der Waals surface area contributed by atoms with Crippen LogP contribution in [0.1, 0.15) is 68.1 Å². The second-order valence-corrected chi connectivity index (χ2v) is 11.4. The number of rotatable bonds is 6. The van der Waals surface area contributed by atoms with E-state index >= 15 is 0 Å². The van der Waals surface area contributed by atoms with Crippen LogP contribution in [0, 0.1) is 50.4 Å². The minimum atomic E-state index is -0.572. The second kappa shape index (κ2) is 14.3. The topological polar surface area (TPSA) is 114 Å². The lowest BCUT2D eigenvalue weighted by Crippen LogP contribution is -2.05. The first kappa shape index (κ1) is 31.1. The van der Waals surface area contributed by atoms with Crippen LogP contribution in [0.4, 0.5) is 0 Å². The highest BCUT2D eigenvalue weighted by Crippen LogP contribution is 2.25. The van der Waals surface area contributed by atoms with Crippen molar-refractivity contribution < 1.29 is 10.2 Å². The summed E-state index contributed by atoms with van der Waals surface area (Å²) in [6.07, 6.45) is 3.07. The maximum atomic E-state index is 10.4. The number of aliphatic hydroxyl groups is 2. The van der Waals surface area contributed by atoms with Crippen molar-refractivity contribution in [3.63, 3.8) is 0 Å². The van der Waals surface area contributed by atoms with E-state index in [0.717, 1.165) is 33.4 Å². The van der Waals surface area contributed by atoms with Gasteiger partial charge in [0.15, 0.2) is 11.4 Å². The van der Waals surface area contributed by atoms with Crippen LogP contribution in [-0.4, -0.2) is 20.2 Å². The number of nitrogens with zero attached hydrogens (tertiary/aromatic N) is 4. The van der Waals surface area contributed by atoms with E-state index in [9.17, 15) is 10.2 Å². The Labute approximate surface area is 252 Å². The van der Waals surface area contributed by atoms with E-state index in [0.29, 0.717) is 33.2 Å². The van der Waals surface area contributed by atoms with E-state index in [-0.39, 0.29) is 0 Å². The molecule has 0 amide bonds. The van der Waals surface area contributed by atoms with Gasteiger partial charge in [0, 0.05) is 25.2 Å². The van der Waals surface area contributed by atoms with Gasteiger partial charge in [-0.2, -0.15) is 10.5 Å². The van der Waals surface area contributed by atoms with Crippen LogP contribution in [0.2, 0.25) is 0 Å². The van der Waals surface area contributed by atoms with Crippen molar-refractivity contribution in [3.8, 4) is 12.1 Å². The standard InChI is InChI=1S/2C16H15BrN2O/c2*1-10-3-4-13(11(2)5-10)16(20)7-12-6-14(17)15(8-18)19-9-12/h2*3-6,9,16,20H,7H2,1-2H3. The van der Waals surface area contributed by atoms with Crippen molar-refractivity contribution in [2.45, 2.75) is 52.7 Å². The number of aliphatic hydroxyl groups excluding tert-OH is 2. The zero-order valence-corrected chi connectivity index (χ0v) is 26.0. The molecule has 4 aromatic rings. The first-order valence-corrected chi connectivity index (χ1v) is 14.2. The van der Waals surface area contributed by atoms with E-state index in [1.165, 1.54) is 11.1 Å². The third-order valence-corrected chi connectivity index (χ3v) is 7.64. The van der Waals surface area contributed by atoms with E-state index in [4.69, 9.17) is 10.5 Å². The van der Waals surface area contributed by atoms with Crippen molar-refractivity contribution in [2.75, 3.05) is 0 Å². The number of hydrogen-bond acceptors (Lipinski definition) is 6. The molecule has 40 heavy (non-hydrogen) atoms. The van der Waals surface area contributed by atoms with Gasteiger partial charge in [0.2, 0.25) is 0 Å². The number of aryl methyl sites for hydroxylation is 4. The fourth-order valence-electron chi connectivity index (χ4n) is 4.41. The molecule has 0 saturated carbocycles. The van der Waals surface area contributed by atoms with Gasteiger partial charge in [0.1, 0.15) is 12.1 Å². The maximum absolute atomic E-state index is 10.4. The first-order chi connectivity index (χ1) is 19.0. The molecule has 2 aromatic heterocycles. The molecule has 2 atom stereocenters. The molecule has 2 unspecified atom stereocenters. The van der Waals surface area contributed by atoms with Gasteiger partial charge in [-0.25, -0.2) is 9.97 Å². The molecule has 8 heteroatoms. The zero-order valence-electron chi connectivity index (χ0n) is 22.8. The SMILES string of the molecule is Cc1ccc(C(O)Cc2cnc(C#N)c(Br)c2)c(C)c1.Cc1ccc(C(O)Cc2cnc(C#N)c(Br)c2)c(C)c1. The highest BCUT2D eigenvalue weighted by Gasteiger charge is 2.14. The van der Waals surface area contributed by atoms with Gasteiger partial charge in [-0.05, 0) is 105 Å². The van der Waals surface area contributed by atoms with Crippen LogP contribution in [0.3, 0.4) is 0 Å². The zero-order chi connectivity index (χ0) is 29.4. The summed E-state index contributed by atoms with van der Waals surface area (Å²) in [5.74, 6) is 0. The average molecular weight is 662 g/mol. The molecule has 0 spiro atoms. The van der Waals surface area contributed by atoms with Crippen molar-refractivity contribution in [1.82, 2.24) is 9.97 Å². The van der Waals surface area contributed by atoms with Gasteiger partial charge in [-0.3, -0.25) is 0 Å². The minimum Gasteiger partial charge on any atom is -0.388 e. The number of benzene rings is 2. The summed E-state index contributed by atoms with van der Waals surface area (Å²) >= 11 is 6.62. The molecule has 4 rings (SSSR count). The summed E-state index contributed by atoms with van der Waals surface area (Å²) in [5.41, 5.74) is 8.88. The fourth-order valence-corrected chi connectivity index (χ4v) is 5.38. The molecule has 0 aliphatic heterocycles. The highest BCUT2D eigenvalue weighted by molar-refractivity contribution is 9.10. The van der Waals surface area contributed by atoms with E-state index in [1.807, 2.05) is 76.2 Å². The number of halogens is 2. The van der Waals surface area contributed by atoms with Gasteiger partial charge in [-0.15, -0.1) is 0 Å². The van der Waals surface area contributed by atoms with Crippen LogP contribution in [0.5, 0.6) is 0 Å². The fraction of sp³-hybridized carbons (Fsp3) is 0.250. The van der Waals surface area contributed by atoms with Crippen LogP contribution in [-0.2, 0) is 12.8 Å². The molecule has 204 valence electrons. The third kappa shape index (κ3) is 8.30. The smallest absolute Gasteiger partial charge is 0.154 e. The maximum Gasteiger partial charge on any atom is 0.154 e. The van der Waals surface area contributed by atoms with Crippen LogP contribution in [0.15, 0.2) is 69.9 Å². The van der Waals surface area contributed by atoms with Gasteiger partial charge in [0.25, 0.3) is 0 Å². The summed E-state index contributed by atoms with van der Waals surface area (Å²) in [5, 5.41) is 38.4. The predicted molar refractivity (Wildman–Crippen MR) is 162 cm³/mol. The van der Waals surface area contributed by atoms with Gasteiger partial charge in [-0.1, -0.05) is 47.5 Å². The van der Waals surface area contributed by atoms with Gasteiger partial charge >= 0.3 is 0 Å². The minimum absolute atomic E-state index is 0.356. The second-order valence-electron chi connectivity index (χ2n) is 9.73. The Balaban J connectivity index is 0.000000220. The molecule has 6 nitrogen and oxygen atoms in total. The Bertz CT molecular complexity index is 1470. The summed E-state index contributed by atoms with van der Waals surface area (Å²) in [7, 11) is 0. The third-order valence-electron chi connectivity index (χ3n) is 6.43. The first-order valence-electron chi connectivity index (χ1n) is 12.6. The number of aromatic nitrogens is 2. The quantitative estimate of drug-likeness (QED) is 0.226. The van der Waals surface area contributed by atoms with Gasteiger partial charge < -0.3 is 10.2 Å². The molecule has 0 aliphatic carbocycles. The van der Waals surface area contributed by atoms with Crippen molar-refractivity contribution >= 4 is 31.9 Å². The lowest BCUT2D eigenvalue weighted by molar-refractivity contribution is 0.177. The van der Waals surface area contributed by atoms with Crippen molar-refractivity contribution in [1.29, 1.82) is 10.5 Å². The van der Waals surface area contributed by atoms with E-state index in [1.54, 1.807) is 12.4 Å². The lowest BCUT2D eigenvalue weighted by Gasteiger charge is -2.14. The Morgan fingerprint density at radius 1 is 0.675 bits per heavy atom. The Morgan fingerprint density at radius 3 is 1.35 bits per heavy atom. The number of hydrogen-bond donors (Lipinski definition) is 2. The van der Waals surface area contributed by atoms with Gasteiger partial charge in [0.05, 0.1) is 21.2 Å². The summed E-state index contributed by atoms with van der Waals surface area (Å²) in [4.78, 5) is 8.12. The van der Waals surface area contributed by atoms with Crippen LogP contribution < -0.4 is 0 Å². The molecular weight excluding hydrogens is 632 g/mol. The molecule has 0 saturated heterocycles. The van der Waals surface area contributed by atoms with Crippen molar-refractivity contribution in [3.05, 3.63) is 126 Å². The molecule has 0 aliphatic rings. The molecule has 2 heterocycles. The van der Waals surface area contributed by atoms with E-state index < -0.39 is 12.2 Å². The molecule has 2 aromatic carbocycles. The molecular formula is C32H30Br2N4O2. The van der Waals surface area contributed by atoms with E-state index in [2.05, 4.69) is 54.0 Å². The Morgan fingerprint density at radius 2 is 1.05 bits per heavy atom. The number of nitriles is 2. The highest BCUT2D eigenvalue weighted by atomic mass is 79.9. The number of pyridine rings is 2. The summed E-state index contributed by atoms with van der Waals surface area (Å²) < 4.78 is 1.32. The monoisotopic (exact) mass is 660 g/mol. The average Bonchev–Trinajstić information content (AvgIpc) is 2.89. The molecule has 0 radical (unpaired) electrons. The summed E-state index contributed by atoms with van der Waals surface area (Å²) in [6.45, 7) is 8.06. The van der Waals surface area contributed by atoms with Crippen LogP contribution in [0.25, 0.3) is 0 Å². The predicted octanol–water partition coefficient (Wildman–Crippen LogP) is 7.22. The lowest BCUT2D eigenvalue weighted by atomic mass is 9.97. The van der Waals surface area contributed by atoms with Crippen molar-refractivity contribution in [2.24, 2.45) is 0 Å². The van der Waals surface area contributed by atoms with Crippen LogP contribution >= 0.6 is 31.9 Å². The summed E-state index contributed by atoms with van der Waals surface area (Å²) in [6, 6.07) is 19.7.